The average Bonchev–Trinajstić information content (AvgIpc) is 2.19. The van der Waals surface area contributed by atoms with E-state index in [9.17, 15) is 13.2 Å². The molecule has 0 spiro atoms. The Morgan fingerprint density at radius 2 is 1.88 bits per heavy atom. The summed E-state index contributed by atoms with van der Waals surface area (Å²) in [5.41, 5.74) is -0.572. The van der Waals surface area contributed by atoms with E-state index in [-0.39, 0.29) is 23.1 Å². The Morgan fingerprint density at radius 1 is 1.25 bits per heavy atom. The summed E-state index contributed by atoms with van der Waals surface area (Å²) < 4.78 is 37.8. The largest absolute Gasteiger partial charge is 0.416 e. The summed E-state index contributed by atoms with van der Waals surface area (Å²) in [6.07, 6.45) is -4.85. The van der Waals surface area contributed by atoms with Gasteiger partial charge in [-0.3, -0.25) is 0 Å². The number of rotatable bonds is 1. The van der Waals surface area contributed by atoms with E-state index in [1.807, 2.05) is 0 Å². The Kier molecular flexibility index (Phi) is 3.20. The van der Waals surface area contributed by atoms with Crippen molar-refractivity contribution in [2.45, 2.75) is 19.5 Å². The van der Waals surface area contributed by atoms with Crippen molar-refractivity contribution in [2.24, 2.45) is 0 Å². The number of benzene rings is 1. The third-order valence-electron chi connectivity index (χ3n) is 2.28. The summed E-state index contributed by atoms with van der Waals surface area (Å²) >= 11 is 0. The zero-order chi connectivity index (χ0) is 12.3. The summed E-state index contributed by atoms with van der Waals surface area (Å²) in [6.45, 7) is 1.42. The van der Waals surface area contributed by atoms with E-state index in [1.165, 1.54) is 6.92 Å². The second-order valence-corrected chi connectivity index (χ2v) is 3.21. The van der Waals surface area contributed by atoms with E-state index < -0.39 is 11.7 Å². The fraction of sp³-hybridized carbons (Fsp3) is 0.273. The lowest BCUT2D eigenvalue weighted by Crippen LogP contribution is -2.11. The van der Waals surface area contributed by atoms with E-state index in [0.29, 0.717) is 0 Å². The van der Waals surface area contributed by atoms with Crippen molar-refractivity contribution in [2.75, 3.05) is 0 Å². The molecule has 0 bridgehead atoms. The monoisotopic (exact) mass is 224 g/mol. The van der Waals surface area contributed by atoms with Gasteiger partial charge in [0, 0.05) is 0 Å². The first kappa shape index (κ1) is 12.1. The number of hydrogen-bond donors (Lipinski definition) is 0. The Labute approximate surface area is 90.5 Å². The molecule has 1 aromatic rings. The second-order valence-electron chi connectivity index (χ2n) is 3.21. The fourth-order valence-electron chi connectivity index (χ4n) is 1.45. The van der Waals surface area contributed by atoms with Crippen molar-refractivity contribution in [3.8, 4) is 12.1 Å². The maximum Gasteiger partial charge on any atom is 0.416 e. The van der Waals surface area contributed by atoms with Crippen LogP contribution < -0.4 is 0 Å². The van der Waals surface area contributed by atoms with Crippen molar-refractivity contribution in [3.63, 3.8) is 0 Å². The van der Waals surface area contributed by atoms with Crippen LogP contribution in [0.4, 0.5) is 13.2 Å². The Balaban J connectivity index is 3.49. The normalized spacial score (nSPS) is 10.6. The Morgan fingerprint density at radius 3 is 2.31 bits per heavy atom. The summed E-state index contributed by atoms with van der Waals surface area (Å²) in [7, 11) is 0. The van der Waals surface area contributed by atoms with Gasteiger partial charge in [-0.25, -0.2) is 0 Å². The molecule has 5 heteroatoms. The van der Waals surface area contributed by atoms with Gasteiger partial charge >= 0.3 is 6.18 Å². The Bertz CT molecular complexity index is 490. The molecule has 0 N–H and O–H groups in total. The van der Waals surface area contributed by atoms with Gasteiger partial charge < -0.3 is 0 Å². The minimum absolute atomic E-state index is 0.117. The topological polar surface area (TPSA) is 47.6 Å². The number of nitrogens with zero attached hydrogens (tertiary/aromatic N) is 2. The summed E-state index contributed by atoms with van der Waals surface area (Å²) in [4.78, 5) is 0. The number of halogens is 3. The molecule has 1 aromatic carbocycles. The maximum atomic E-state index is 12.6. The van der Waals surface area contributed by atoms with Gasteiger partial charge in [0.15, 0.2) is 0 Å². The zero-order valence-corrected chi connectivity index (χ0v) is 8.39. The quantitative estimate of drug-likeness (QED) is 0.736. The Hall–Kier alpha value is -2.01. The van der Waals surface area contributed by atoms with Crippen molar-refractivity contribution < 1.29 is 13.2 Å². The van der Waals surface area contributed by atoms with Gasteiger partial charge in [0.25, 0.3) is 0 Å². The maximum absolute atomic E-state index is 12.6. The van der Waals surface area contributed by atoms with Crippen LogP contribution in [0, 0.1) is 29.6 Å². The summed E-state index contributed by atoms with van der Waals surface area (Å²) in [6, 6.07) is 5.44. The lowest BCUT2D eigenvalue weighted by Gasteiger charge is -2.13. The van der Waals surface area contributed by atoms with E-state index in [4.69, 9.17) is 10.5 Å². The standard InChI is InChI=1S/C11H7F3N2/c1-7-8(6-16)2-3-10(11(12,13)14)9(7)4-5-15/h2-3H,4H2,1H3. The smallest absolute Gasteiger partial charge is 0.198 e. The van der Waals surface area contributed by atoms with Gasteiger partial charge in [-0.2, -0.15) is 23.7 Å². The second kappa shape index (κ2) is 4.24. The van der Waals surface area contributed by atoms with E-state index in [2.05, 4.69) is 0 Å². The van der Waals surface area contributed by atoms with E-state index in [1.54, 1.807) is 12.1 Å². The molecule has 0 radical (unpaired) electrons. The lowest BCUT2D eigenvalue weighted by atomic mass is 9.95. The van der Waals surface area contributed by atoms with Crippen LogP contribution in [0.2, 0.25) is 0 Å². The highest BCUT2D eigenvalue weighted by atomic mass is 19.4. The molecular formula is C11H7F3N2. The third-order valence-corrected chi connectivity index (χ3v) is 2.28. The van der Waals surface area contributed by atoms with Crippen LogP contribution in [-0.2, 0) is 12.6 Å². The summed E-state index contributed by atoms with van der Waals surface area (Å²) in [5.74, 6) is 0. The van der Waals surface area contributed by atoms with Gasteiger partial charge in [0.2, 0.25) is 0 Å². The number of nitriles is 2. The van der Waals surface area contributed by atoms with Crippen molar-refractivity contribution in [1.29, 1.82) is 10.5 Å². The van der Waals surface area contributed by atoms with Gasteiger partial charge in [-0.05, 0) is 30.2 Å². The molecule has 0 aromatic heterocycles. The highest BCUT2D eigenvalue weighted by Crippen LogP contribution is 2.34. The molecule has 0 saturated carbocycles. The molecule has 16 heavy (non-hydrogen) atoms. The molecule has 0 atom stereocenters. The molecule has 2 nitrogen and oxygen atoms in total. The first-order valence-corrected chi connectivity index (χ1v) is 4.38. The highest BCUT2D eigenvalue weighted by molar-refractivity contribution is 5.48. The highest BCUT2D eigenvalue weighted by Gasteiger charge is 2.34. The number of alkyl halides is 3. The van der Waals surface area contributed by atoms with E-state index >= 15 is 0 Å². The fourth-order valence-corrected chi connectivity index (χ4v) is 1.45. The van der Waals surface area contributed by atoms with Gasteiger partial charge in [0.05, 0.1) is 29.7 Å². The van der Waals surface area contributed by atoms with Gasteiger partial charge in [-0.15, -0.1) is 0 Å². The van der Waals surface area contributed by atoms with Crippen molar-refractivity contribution >= 4 is 0 Å². The molecular weight excluding hydrogens is 217 g/mol. The minimum Gasteiger partial charge on any atom is -0.198 e. The average molecular weight is 224 g/mol. The van der Waals surface area contributed by atoms with Crippen LogP contribution in [0.25, 0.3) is 0 Å². The zero-order valence-electron chi connectivity index (χ0n) is 8.39. The van der Waals surface area contributed by atoms with Crippen LogP contribution in [-0.4, -0.2) is 0 Å². The van der Waals surface area contributed by atoms with Gasteiger partial charge in [0.1, 0.15) is 0 Å². The van der Waals surface area contributed by atoms with Gasteiger partial charge in [-0.1, -0.05) is 0 Å². The van der Waals surface area contributed by atoms with Crippen LogP contribution in [0.5, 0.6) is 0 Å². The first-order chi connectivity index (χ1) is 7.41. The van der Waals surface area contributed by atoms with E-state index in [0.717, 1.165) is 12.1 Å². The van der Waals surface area contributed by atoms with Crippen LogP contribution in [0.3, 0.4) is 0 Å². The summed E-state index contributed by atoms with van der Waals surface area (Å²) in [5, 5.41) is 17.2. The molecule has 0 aliphatic carbocycles. The predicted octanol–water partition coefficient (Wildman–Crippen LogP) is 2.95. The molecule has 0 fully saturated rings. The molecule has 1 rings (SSSR count). The first-order valence-electron chi connectivity index (χ1n) is 4.38. The molecule has 82 valence electrons. The molecule has 0 unspecified atom stereocenters. The molecule has 0 heterocycles. The molecule has 0 aliphatic rings. The minimum atomic E-state index is -4.50. The van der Waals surface area contributed by atoms with Crippen LogP contribution in [0.15, 0.2) is 12.1 Å². The lowest BCUT2D eigenvalue weighted by molar-refractivity contribution is -0.138. The predicted molar refractivity (Wildman–Crippen MR) is 50.2 cm³/mol. The number of hydrogen-bond acceptors (Lipinski definition) is 2. The van der Waals surface area contributed by atoms with Crippen LogP contribution >= 0.6 is 0 Å². The molecule has 0 saturated heterocycles. The SMILES string of the molecule is Cc1c(C#N)ccc(C(F)(F)F)c1CC#N. The third kappa shape index (κ3) is 2.14. The van der Waals surface area contributed by atoms with Crippen molar-refractivity contribution in [3.05, 3.63) is 34.4 Å². The molecule has 0 amide bonds. The van der Waals surface area contributed by atoms with Crippen molar-refractivity contribution in [1.82, 2.24) is 0 Å². The van der Waals surface area contributed by atoms with Crippen LogP contribution in [0.1, 0.15) is 22.3 Å². The molecule has 0 aliphatic heterocycles.